The van der Waals surface area contributed by atoms with Crippen molar-refractivity contribution in [3.63, 3.8) is 0 Å². The lowest BCUT2D eigenvalue weighted by molar-refractivity contribution is 0.0919. The summed E-state index contributed by atoms with van der Waals surface area (Å²) in [4.78, 5) is 16.7. The van der Waals surface area contributed by atoms with E-state index in [-0.39, 0.29) is 28.1 Å². The first-order valence-electron chi connectivity index (χ1n) is 9.31. The van der Waals surface area contributed by atoms with E-state index in [1.807, 2.05) is 0 Å². The summed E-state index contributed by atoms with van der Waals surface area (Å²) in [5.74, 6) is 0.725. The van der Waals surface area contributed by atoms with Crippen LogP contribution in [0.2, 0.25) is 0 Å². The van der Waals surface area contributed by atoms with Crippen LogP contribution in [0.1, 0.15) is 43.0 Å². The smallest absolute Gasteiger partial charge is 0.262 e. The molecule has 0 atom stereocenters. The van der Waals surface area contributed by atoms with Gasteiger partial charge >= 0.3 is 0 Å². The van der Waals surface area contributed by atoms with Crippen LogP contribution < -0.4 is 14.8 Å². The molecule has 1 heterocycles. The molecule has 2 N–H and O–H groups in total. The van der Waals surface area contributed by atoms with E-state index in [1.165, 1.54) is 37.7 Å². The molecule has 0 spiro atoms. The Morgan fingerprint density at radius 1 is 1.14 bits per heavy atom. The van der Waals surface area contributed by atoms with Crippen molar-refractivity contribution in [1.29, 1.82) is 0 Å². The summed E-state index contributed by atoms with van der Waals surface area (Å²) >= 11 is 0. The Labute approximate surface area is 165 Å². The minimum absolute atomic E-state index is 0.0699. The number of rotatable bonds is 6. The first-order chi connectivity index (χ1) is 13.4. The number of pyridine rings is 1. The third-order valence-electron chi connectivity index (χ3n) is 4.97. The molecule has 0 radical (unpaired) electrons. The van der Waals surface area contributed by atoms with E-state index in [0.29, 0.717) is 11.7 Å². The van der Waals surface area contributed by atoms with Crippen LogP contribution in [0.15, 0.2) is 47.6 Å². The van der Waals surface area contributed by atoms with E-state index >= 15 is 0 Å². The second-order valence-electron chi connectivity index (χ2n) is 7.15. The normalized spacial score (nSPS) is 19.6. The van der Waals surface area contributed by atoms with Crippen molar-refractivity contribution in [2.75, 3.05) is 11.8 Å². The number of carbonyl (C=O) groups is 1. The van der Waals surface area contributed by atoms with Crippen LogP contribution >= 0.6 is 0 Å². The average molecular weight is 404 g/mol. The number of methoxy groups -OCH3 is 1. The topological polar surface area (TPSA) is 97.4 Å². The van der Waals surface area contributed by atoms with Crippen LogP contribution in [0.3, 0.4) is 0 Å². The van der Waals surface area contributed by atoms with Gasteiger partial charge in [0.25, 0.3) is 15.9 Å². The van der Waals surface area contributed by atoms with Crippen LogP contribution in [-0.2, 0) is 10.0 Å². The molecule has 1 aromatic heterocycles. The third-order valence-corrected chi connectivity index (χ3v) is 6.41. The van der Waals surface area contributed by atoms with Crippen LogP contribution in [0.4, 0.5) is 5.69 Å². The molecule has 1 saturated carbocycles. The summed E-state index contributed by atoms with van der Waals surface area (Å²) in [5, 5.41) is 2.99. The molecular formula is C20H25N3O4S. The van der Waals surface area contributed by atoms with E-state index in [9.17, 15) is 13.2 Å². The van der Waals surface area contributed by atoms with Gasteiger partial charge in [0.05, 0.1) is 30.8 Å². The first-order valence-corrected chi connectivity index (χ1v) is 10.8. The number of anilines is 1. The Morgan fingerprint density at radius 3 is 2.57 bits per heavy atom. The van der Waals surface area contributed by atoms with Crippen molar-refractivity contribution in [1.82, 2.24) is 10.3 Å². The number of hydrogen-bond donors (Lipinski definition) is 2. The van der Waals surface area contributed by atoms with Gasteiger partial charge in [-0.2, -0.15) is 0 Å². The molecule has 28 heavy (non-hydrogen) atoms. The Hall–Kier alpha value is -2.61. The molecule has 1 fully saturated rings. The quantitative estimate of drug-likeness (QED) is 0.772. The maximum absolute atomic E-state index is 12.9. The Bertz CT molecular complexity index is 938. The zero-order valence-electron chi connectivity index (χ0n) is 16.0. The van der Waals surface area contributed by atoms with Crippen molar-refractivity contribution >= 4 is 21.6 Å². The molecule has 0 aliphatic heterocycles. The van der Waals surface area contributed by atoms with Crippen LogP contribution in [0.5, 0.6) is 5.75 Å². The molecule has 150 valence electrons. The zero-order chi connectivity index (χ0) is 20.1. The highest BCUT2D eigenvalue weighted by Gasteiger charge is 2.25. The maximum Gasteiger partial charge on any atom is 0.262 e. The number of amides is 1. The standard InChI is InChI=1S/C20H25N3O4S/c1-14-7-9-15(10-8-14)22-20(24)18-5-3-4-6-19(18)28(25,26)23-16-11-17(27-2)13-21-12-16/h3-6,11-15,23H,7-10H2,1-2H3,(H,22,24). The predicted octanol–water partition coefficient (Wildman–Crippen LogP) is 3.20. The molecule has 2 aromatic rings. The van der Waals surface area contributed by atoms with E-state index in [1.54, 1.807) is 12.1 Å². The molecule has 0 unspecified atom stereocenters. The summed E-state index contributed by atoms with van der Waals surface area (Å²) in [6.07, 6.45) is 6.81. The van der Waals surface area contributed by atoms with Gasteiger partial charge in [-0.25, -0.2) is 8.42 Å². The average Bonchev–Trinajstić information content (AvgIpc) is 2.69. The van der Waals surface area contributed by atoms with E-state index in [2.05, 4.69) is 21.9 Å². The highest BCUT2D eigenvalue weighted by atomic mass is 32.2. The van der Waals surface area contributed by atoms with Crippen LogP contribution in [0.25, 0.3) is 0 Å². The number of nitrogens with zero attached hydrogens (tertiary/aromatic N) is 1. The predicted molar refractivity (Wildman–Crippen MR) is 107 cm³/mol. The lowest BCUT2D eigenvalue weighted by Gasteiger charge is -2.27. The van der Waals surface area contributed by atoms with Gasteiger partial charge in [0.15, 0.2) is 0 Å². The number of nitrogens with one attached hydrogen (secondary N) is 2. The number of benzene rings is 1. The Morgan fingerprint density at radius 2 is 1.86 bits per heavy atom. The van der Waals surface area contributed by atoms with E-state index in [4.69, 9.17) is 4.74 Å². The molecule has 1 amide bonds. The van der Waals surface area contributed by atoms with Crippen LogP contribution in [-0.4, -0.2) is 32.5 Å². The molecule has 8 heteroatoms. The Balaban J connectivity index is 1.81. The van der Waals surface area contributed by atoms with Gasteiger partial charge in [-0.05, 0) is 43.7 Å². The monoisotopic (exact) mass is 403 g/mol. The van der Waals surface area contributed by atoms with Crippen molar-refractivity contribution in [3.8, 4) is 5.75 Å². The summed E-state index contributed by atoms with van der Waals surface area (Å²) in [6.45, 7) is 2.21. The van der Waals surface area contributed by atoms with Crippen molar-refractivity contribution in [2.24, 2.45) is 5.92 Å². The van der Waals surface area contributed by atoms with Gasteiger partial charge in [-0.3, -0.25) is 14.5 Å². The molecule has 3 rings (SSSR count). The van der Waals surface area contributed by atoms with Gasteiger partial charge < -0.3 is 10.1 Å². The van der Waals surface area contributed by atoms with Crippen LogP contribution in [0, 0.1) is 5.92 Å². The highest BCUT2D eigenvalue weighted by molar-refractivity contribution is 7.92. The summed E-state index contributed by atoms with van der Waals surface area (Å²) in [6, 6.07) is 7.81. The molecule has 0 bridgehead atoms. The molecule has 1 aliphatic carbocycles. The fraction of sp³-hybridized carbons (Fsp3) is 0.400. The fourth-order valence-corrected chi connectivity index (χ4v) is 4.59. The molecule has 7 nitrogen and oxygen atoms in total. The maximum atomic E-state index is 12.9. The van der Waals surface area contributed by atoms with Crippen molar-refractivity contribution in [2.45, 2.75) is 43.5 Å². The fourth-order valence-electron chi connectivity index (χ4n) is 3.35. The lowest BCUT2D eigenvalue weighted by Crippen LogP contribution is -2.38. The SMILES string of the molecule is COc1cncc(NS(=O)(=O)c2ccccc2C(=O)NC2CCC(C)CC2)c1. The summed E-state index contributed by atoms with van der Waals surface area (Å²) in [7, 11) is -2.50. The van der Waals surface area contributed by atoms with Crippen molar-refractivity contribution in [3.05, 3.63) is 48.3 Å². The van der Waals surface area contributed by atoms with Gasteiger partial charge in [0, 0.05) is 12.1 Å². The number of carbonyl (C=O) groups excluding carboxylic acids is 1. The van der Waals surface area contributed by atoms with Gasteiger partial charge in [-0.1, -0.05) is 19.1 Å². The van der Waals surface area contributed by atoms with Crippen molar-refractivity contribution < 1.29 is 17.9 Å². The molecule has 1 aromatic carbocycles. The lowest BCUT2D eigenvalue weighted by atomic mass is 9.87. The third kappa shape index (κ3) is 4.81. The Kier molecular flexibility index (Phi) is 6.18. The summed E-state index contributed by atoms with van der Waals surface area (Å²) in [5.41, 5.74) is 0.389. The number of hydrogen-bond acceptors (Lipinski definition) is 5. The van der Waals surface area contributed by atoms with E-state index in [0.717, 1.165) is 25.7 Å². The minimum Gasteiger partial charge on any atom is -0.495 e. The van der Waals surface area contributed by atoms with E-state index < -0.39 is 10.0 Å². The second-order valence-corrected chi connectivity index (χ2v) is 8.80. The largest absolute Gasteiger partial charge is 0.495 e. The zero-order valence-corrected chi connectivity index (χ0v) is 16.8. The first kappa shape index (κ1) is 20.1. The van der Waals surface area contributed by atoms with Gasteiger partial charge in [0.1, 0.15) is 10.6 Å². The molecule has 1 aliphatic rings. The van der Waals surface area contributed by atoms with Gasteiger partial charge in [0.2, 0.25) is 0 Å². The number of sulfonamides is 1. The van der Waals surface area contributed by atoms with Gasteiger partial charge in [-0.15, -0.1) is 0 Å². The number of ether oxygens (including phenoxy) is 1. The summed E-state index contributed by atoms with van der Waals surface area (Å²) < 4.78 is 33.3. The minimum atomic E-state index is -3.97. The number of aromatic nitrogens is 1. The second kappa shape index (κ2) is 8.60. The molecular weight excluding hydrogens is 378 g/mol. The highest BCUT2D eigenvalue weighted by Crippen LogP contribution is 2.25. The molecule has 0 saturated heterocycles.